The monoisotopic (exact) mass is 275 g/mol. The first kappa shape index (κ1) is 13.9. The summed E-state index contributed by atoms with van der Waals surface area (Å²) in [5, 5.41) is 3.73. The fourth-order valence-electron chi connectivity index (χ4n) is 3.33. The van der Waals surface area contributed by atoms with Gasteiger partial charge in [0.2, 0.25) is 0 Å². The first-order valence-electron chi connectivity index (χ1n) is 7.81. The van der Waals surface area contributed by atoms with Gasteiger partial charge in [-0.2, -0.15) is 0 Å². The van der Waals surface area contributed by atoms with Crippen molar-refractivity contribution in [1.29, 1.82) is 0 Å². The molecule has 0 bridgehead atoms. The van der Waals surface area contributed by atoms with E-state index in [-0.39, 0.29) is 0 Å². The van der Waals surface area contributed by atoms with Crippen molar-refractivity contribution in [2.24, 2.45) is 5.92 Å². The molecule has 1 aromatic rings. The highest BCUT2D eigenvalue weighted by atomic mass is 16.5. The summed E-state index contributed by atoms with van der Waals surface area (Å²) in [7, 11) is 1.76. The van der Waals surface area contributed by atoms with Crippen LogP contribution in [0.3, 0.4) is 0 Å². The van der Waals surface area contributed by atoms with E-state index in [0.29, 0.717) is 12.0 Å². The Bertz CT molecular complexity index is 423. The maximum atomic E-state index is 5.46. The minimum atomic E-state index is 0.665. The zero-order valence-corrected chi connectivity index (χ0v) is 12.3. The van der Waals surface area contributed by atoms with Crippen molar-refractivity contribution in [3.63, 3.8) is 0 Å². The molecule has 0 unspecified atom stereocenters. The summed E-state index contributed by atoms with van der Waals surface area (Å²) in [6, 6.07) is 9.12. The molecule has 1 aliphatic carbocycles. The van der Waals surface area contributed by atoms with E-state index in [4.69, 9.17) is 9.47 Å². The highest BCUT2D eigenvalue weighted by molar-refractivity contribution is 5.37. The van der Waals surface area contributed by atoms with Crippen LogP contribution in [0.25, 0.3) is 0 Å². The SMILES string of the molecule is COc1ccccc1C1CC(NCC2CCOCC2)C1. The number of rotatable bonds is 5. The van der Waals surface area contributed by atoms with E-state index in [1.165, 1.54) is 31.2 Å². The van der Waals surface area contributed by atoms with Gasteiger partial charge in [0.1, 0.15) is 5.75 Å². The van der Waals surface area contributed by atoms with E-state index >= 15 is 0 Å². The summed E-state index contributed by atoms with van der Waals surface area (Å²) in [6.45, 7) is 3.05. The lowest BCUT2D eigenvalue weighted by molar-refractivity contribution is 0.0640. The quantitative estimate of drug-likeness (QED) is 0.896. The van der Waals surface area contributed by atoms with Crippen LogP contribution in [-0.2, 0) is 4.74 Å². The van der Waals surface area contributed by atoms with Crippen molar-refractivity contribution < 1.29 is 9.47 Å². The Morgan fingerprint density at radius 3 is 2.70 bits per heavy atom. The van der Waals surface area contributed by atoms with Crippen molar-refractivity contribution in [3.05, 3.63) is 29.8 Å². The summed E-state index contributed by atoms with van der Waals surface area (Å²) in [5.41, 5.74) is 1.37. The van der Waals surface area contributed by atoms with Crippen molar-refractivity contribution in [1.82, 2.24) is 5.32 Å². The van der Waals surface area contributed by atoms with Crippen LogP contribution in [0.15, 0.2) is 24.3 Å². The standard InChI is InChI=1S/C17H25NO2/c1-19-17-5-3-2-4-16(17)14-10-15(11-14)18-12-13-6-8-20-9-7-13/h2-5,13-15,18H,6-12H2,1H3. The van der Waals surface area contributed by atoms with Crippen LogP contribution in [0.1, 0.15) is 37.2 Å². The molecule has 0 amide bonds. The predicted octanol–water partition coefficient (Wildman–Crippen LogP) is 2.96. The summed E-state index contributed by atoms with van der Waals surface area (Å²) >= 11 is 0. The van der Waals surface area contributed by atoms with Crippen LogP contribution in [0, 0.1) is 5.92 Å². The Labute approximate surface area is 121 Å². The van der Waals surface area contributed by atoms with Gasteiger partial charge in [0.25, 0.3) is 0 Å². The smallest absolute Gasteiger partial charge is 0.122 e. The average molecular weight is 275 g/mol. The van der Waals surface area contributed by atoms with E-state index in [1.54, 1.807) is 7.11 Å². The lowest BCUT2D eigenvalue weighted by atomic mass is 9.75. The molecule has 110 valence electrons. The lowest BCUT2D eigenvalue weighted by Crippen LogP contribution is -2.43. The molecule has 0 spiro atoms. The molecular weight excluding hydrogens is 250 g/mol. The molecule has 2 fully saturated rings. The van der Waals surface area contributed by atoms with Crippen LogP contribution in [-0.4, -0.2) is 32.9 Å². The Morgan fingerprint density at radius 1 is 1.20 bits per heavy atom. The molecule has 0 atom stereocenters. The minimum Gasteiger partial charge on any atom is -0.496 e. The van der Waals surface area contributed by atoms with Gasteiger partial charge in [-0.15, -0.1) is 0 Å². The van der Waals surface area contributed by atoms with Gasteiger partial charge in [0.15, 0.2) is 0 Å². The zero-order chi connectivity index (χ0) is 13.8. The maximum Gasteiger partial charge on any atom is 0.122 e. The molecular formula is C17H25NO2. The van der Waals surface area contributed by atoms with Gasteiger partial charge in [-0.05, 0) is 55.7 Å². The van der Waals surface area contributed by atoms with Crippen molar-refractivity contribution in [2.45, 2.75) is 37.6 Å². The summed E-state index contributed by atoms with van der Waals surface area (Å²) < 4.78 is 10.9. The molecule has 0 radical (unpaired) electrons. The molecule has 2 aliphatic rings. The molecule has 1 aromatic carbocycles. The molecule has 3 heteroatoms. The fraction of sp³-hybridized carbons (Fsp3) is 0.647. The van der Waals surface area contributed by atoms with Crippen molar-refractivity contribution in [2.75, 3.05) is 26.9 Å². The molecule has 0 aromatic heterocycles. The van der Waals surface area contributed by atoms with Gasteiger partial charge in [-0.25, -0.2) is 0 Å². The number of methoxy groups -OCH3 is 1. The second-order valence-corrected chi connectivity index (χ2v) is 6.07. The third-order valence-corrected chi connectivity index (χ3v) is 4.75. The molecule has 3 rings (SSSR count). The van der Waals surface area contributed by atoms with Crippen LogP contribution in [0.4, 0.5) is 0 Å². The van der Waals surface area contributed by atoms with E-state index < -0.39 is 0 Å². The van der Waals surface area contributed by atoms with Crippen LogP contribution in [0.5, 0.6) is 5.75 Å². The number of para-hydroxylation sites is 1. The van der Waals surface area contributed by atoms with Gasteiger partial charge < -0.3 is 14.8 Å². The number of hydrogen-bond acceptors (Lipinski definition) is 3. The van der Waals surface area contributed by atoms with Crippen LogP contribution >= 0.6 is 0 Å². The molecule has 3 nitrogen and oxygen atoms in total. The van der Waals surface area contributed by atoms with Crippen molar-refractivity contribution in [3.8, 4) is 5.75 Å². The highest BCUT2D eigenvalue weighted by Gasteiger charge is 2.32. The zero-order valence-electron chi connectivity index (χ0n) is 12.3. The first-order chi connectivity index (χ1) is 9.86. The lowest BCUT2D eigenvalue weighted by Gasteiger charge is -2.38. The summed E-state index contributed by atoms with van der Waals surface area (Å²) in [4.78, 5) is 0. The Balaban J connectivity index is 1.44. The van der Waals surface area contributed by atoms with E-state index in [0.717, 1.165) is 31.4 Å². The van der Waals surface area contributed by atoms with Gasteiger partial charge in [0.05, 0.1) is 7.11 Å². The predicted molar refractivity (Wildman–Crippen MR) is 80.3 cm³/mol. The van der Waals surface area contributed by atoms with E-state index in [1.807, 2.05) is 6.07 Å². The molecule has 1 N–H and O–H groups in total. The van der Waals surface area contributed by atoms with Gasteiger partial charge in [-0.3, -0.25) is 0 Å². The van der Waals surface area contributed by atoms with Crippen molar-refractivity contribution >= 4 is 0 Å². The topological polar surface area (TPSA) is 30.5 Å². The minimum absolute atomic E-state index is 0.665. The fourth-order valence-corrected chi connectivity index (χ4v) is 3.33. The van der Waals surface area contributed by atoms with Crippen LogP contribution in [0.2, 0.25) is 0 Å². The molecule has 1 saturated heterocycles. The first-order valence-corrected chi connectivity index (χ1v) is 7.81. The summed E-state index contributed by atoms with van der Waals surface area (Å²) in [6.07, 6.45) is 4.92. The average Bonchev–Trinajstić information content (AvgIpc) is 2.47. The number of hydrogen-bond donors (Lipinski definition) is 1. The Kier molecular flexibility index (Phi) is 4.58. The maximum absolute atomic E-state index is 5.46. The largest absolute Gasteiger partial charge is 0.496 e. The second kappa shape index (κ2) is 6.59. The van der Waals surface area contributed by atoms with E-state index in [2.05, 4.69) is 23.5 Å². The molecule has 1 saturated carbocycles. The number of benzene rings is 1. The van der Waals surface area contributed by atoms with E-state index in [9.17, 15) is 0 Å². The Hall–Kier alpha value is -1.06. The van der Waals surface area contributed by atoms with Crippen LogP contribution < -0.4 is 10.1 Å². The third kappa shape index (κ3) is 3.15. The van der Waals surface area contributed by atoms with Gasteiger partial charge in [0, 0.05) is 19.3 Å². The summed E-state index contributed by atoms with van der Waals surface area (Å²) in [5.74, 6) is 2.52. The molecule has 1 heterocycles. The Morgan fingerprint density at radius 2 is 1.95 bits per heavy atom. The van der Waals surface area contributed by atoms with Gasteiger partial charge in [-0.1, -0.05) is 18.2 Å². The number of nitrogens with one attached hydrogen (secondary N) is 1. The normalized spacial score (nSPS) is 27.1. The molecule has 20 heavy (non-hydrogen) atoms. The highest BCUT2D eigenvalue weighted by Crippen LogP contribution is 2.41. The van der Waals surface area contributed by atoms with Gasteiger partial charge >= 0.3 is 0 Å². The third-order valence-electron chi connectivity index (χ3n) is 4.75. The number of ether oxygens (including phenoxy) is 2. The second-order valence-electron chi connectivity index (χ2n) is 6.07. The molecule has 1 aliphatic heterocycles.